The fourth-order valence-electron chi connectivity index (χ4n) is 2.37. The molecule has 0 saturated heterocycles. The molecule has 3 nitrogen and oxygen atoms in total. The number of carbonyl (C=O) groups is 1. The highest BCUT2D eigenvalue weighted by Gasteiger charge is 2.09. The van der Waals surface area contributed by atoms with Crippen LogP contribution in [-0.4, -0.2) is 17.6 Å². The van der Waals surface area contributed by atoms with Crippen molar-refractivity contribution in [1.29, 1.82) is 0 Å². The van der Waals surface area contributed by atoms with Crippen LogP contribution in [0.3, 0.4) is 0 Å². The van der Waals surface area contributed by atoms with Gasteiger partial charge in [0.05, 0.1) is 5.56 Å². The lowest BCUT2D eigenvalue weighted by Gasteiger charge is -2.08. The van der Waals surface area contributed by atoms with Crippen molar-refractivity contribution >= 4 is 5.97 Å². The fraction of sp³-hybridized carbons (Fsp3) is 0.278. The summed E-state index contributed by atoms with van der Waals surface area (Å²) in [5, 5.41) is 12.6. The minimum absolute atomic E-state index is 0.420. The number of carboxylic acids is 1. The van der Waals surface area contributed by atoms with Crippen molar-refractivity contribution in [3.05, 3.63) is 70.8 Å². The first-order valence-electron chi connectivity index (χ1n) is 7.24. The van der Waals surface area contributed by atoms with Gasteiger partial charge in [-0.15, -0.1) is 0 Å². The zero-order chi connectivity index (χ0) is 15.1. The quantitative estimate of drug-likeness (QED) is 0.766. The van der Waals surface area contributed by atoms with Crippen molar-refractivity contribution in [3.8, 4) is 0 Å². The molecule has 0 saturated carbocycles. The van der Waals surface area contributed by atoms with Gasteiger partial charge in [0.25, 0.3) is 0 Å². The van der Waals surface area contributed by atoms with E-state index in [1.54, 1.807) is 6.07 Å². The predicted octanol–water partition coefficient (Wildman–Crippen LogP) is 3.42. The van der Waals surface area contributed by atoms with Crippen molar-refractivity contribution < 1.29 is 9.90 Å². The van der Waals surface area contributed by atoms with Gasteiger partial charge in [-0.25, -0.2) is 4.79 Å². The van der Waals surface area contributed by atoms with Gasteiger partial charge in [0, 0.05) is 6.54 Å². The smallest absolute Gasteiger partial charge is 0.335 e. The number of hydrogen-bond donors (Lipinski definition) is 2. The number of nitrogens with one attached hydrogen (secondary N) is 1. The molecule has 3 heteroatoms. The van der Waals surface area contributed by atoms with Crippen LogP contribution in [0.4, 0.5) is 0 Å². The average Bonchev–Trinajstić information content (AvgIpc) is 2.48. The van der Waals surface area contributed by atoms with E-state index < -0.39 is 5.97 Å². The van der Waals surface area contributed by atoms with Crippen LogP contribution in [0.1, 0.15) is 33.5 Å². The summed E-state index contributed by atoms with van der Waals surface area (Å²) in [6, 6.07) is 15.8. The van der Waals surface area contributed by atoms with Crippen LogP contribution in [-0.2, 0) is 13.0 Å². The van der Waals surface area contributed by atoms with Gasteiger partial charge in [-0.05, 0) is 43.5 Å². The molecule has 0 bridgehead atoms. The molecule has 0 heterocycles. The molecule has 0 atom stereocenters. The molecule has 0 aromatic heterocycles. The summed E-state index contributed by atoms with van der Waals surface area (Å²) < 4.78 is 0. The summed E-state index contributed by atoms with van der Waals surface area (Å²) in [5.41, 5.74) is 3.71. The maximum Gasteiger partial charge on any atom is 0.335 e. The highest BCUT2D eigenvalue weighted by molar-refractivity contribution is 5.89. The standard InChI is InChI=1S/C18H21NO2/c1-14-9-10-17(18(20)21)16(12-14)8-5-11-19-13-15-6-3-2-4-7-15/h2-4,6-7,9-10,12,19H,5,8,11,13H2,1H3,(H,20,21). The van der Waals surface area contributed by atoms with Gasteiger partial charge in [-0.3, -0.25) is 0 Å². The average molecular weight is 283 g/mol. The van der Waals surface area contributed by atoms with E-state index in [-0.39, 0.29) is 0 Å². The van der Waals surface area contributed by atoms with Crippen LogP contribution < -0.4 is 5.32 Å². The molecule has 0 unspecified atom stereocenters. The van der Waals surface area contributed by atoms with Crippen LogP contribution in [0.5, 0.6) is 0 Å². The maximum absolute atomic E-state index is 11.2. The number of aromatic carboxylic acids is 1. The van der Waals surface area contributed by atoms with Gasteiger partial charge in [0.1, 0.15) is 0 Å². The van der Waals surface area contributed by atoms with Gasteiger partial charge in [-0.1, -0.05) is 48.0 Å². The van der Waals surface area contributed by atoms with E-state index in [0.717, 1.165) is 37.1 Å². The molecule has 2 N–H and O–H groups in total. The molecule has 2 aromatic rings. The van der Waals surface area contributed by atoms with Crippen LogP contribution in [0.2, 0.25) is 0 Å². The number of benzene rings is 2. The second-order valence-electron chi connectivity index (χ2n) is 5.23. The molecule has 2 rings (SSSR count). The molecular weight excluding hydrogens is 262 g/mol. The summed E-state index contributed by atoms with van der Waals surface area (Å²) in [5.74, 6) is -0.845. The lowest BCUT2D eigenvalue weighted by atomic mass is 10.0. The Kier molecular flexibility index (Phi) is 5.52. The van der Waals surface area contributed by atoms with E-state index in [2.05, 4.69) is 17.4 Å². The SMILES string of the molecule is Cc1ccc(C(=O)O)c(CCCNCc2ccccc2)c1. The van der Waals surface area contributed by atoms with Gasteiger partial charge in [0.2, 0.25) is 0 Å². The van der Waals surface area contributed by atoms with Crippen molar-refractivity contribution in [2.24, 2.45) is 0 Å². The summed E-state index contributed by atoms with van der Waals surface area (Å²) >= 11 is 0. The van der Waals surface area contributed by atoms with E-state index in [1.165, 1.54) is 5.56 Å². The van der Waals surface area contributed by atoms with Crippen molar-refractivity contribution in [3.63, 3.8) is 0 Å². The minimum atomic E-state index is -0.845. The Morgan fingerprint density at radius 2 is 1.90 bits per heavy atom. The molecule has 0 amide bonds. The molecule has 2 aromatic carbocycles. The molecular formula is C18H21NO2. The Hall–Kier alpha value is -2.13. The van der Waals surface area contributed by atoms with E-state index in [1.807, 2.05) is 37.3 Å². The minimum Gasteiger partial charge on any atom is -0.478 e. The second kappa shape index (κ2) is 7.60. The normalized spacial score (nSPS) is 10.5. The van der Waals surface area contributed by atoms with Gasteiger partial charge in [0.15, 0.2) is 0 Å². The Balaban J connectivity index is 1.81. The summed E-state index contributed by atoms with van der Waals surface area (Å²) in [4.78, 5) is 11.2. The van der Waals surface area contributed by atoms with Crippen molar-refractivity contribution in [1.82, 2.24) is 5.32 Å². The van der Waals surface area contributed by atoms with Gasteiger partial charge >= 0.3 is 5.97 Å². The Bertz CT molecular complexity index is 593. The lowest BCUT2D eigenvalue weighted by molar-refractivity contribution is 0.0695. The fourth-order valence-corrected chi connectivity index (χ4v) is 2.37. The topological polar surface area (TPSA) is 49.3 Å². The number of hydrogen-bond acceptors (Lipinski definition) is 2. The van der Waals surface area contributed by atoms with Crippen molar-refractivity contribution in [2.45, 2.75) is 26.3 Å². The van der Waals surface area contributed by atoms with Crippen LogP contribution in [0.15, 0.2) is 48.5 Å². The largest absolute Gasteiger partial charge is 0.478 e. The Morgan fingerprint density at radius 3 is 2.62 bits per heavy atom. The van der Waals surface area contributed by atoms with E-state index in [0.29, 0.717) is 5.56 Å². The highest BCUT2D eigenvalue weighted by Crippen LogP contribution is 2.14. The highest BCUT2D eigenvalue weighted by atomic mass is 16.4. The summed E-state index contributed by atoms with van der Waals surface area (Å²) in [6.45, 7) is 3.71. The Labute approximate surface area is 125 Å². The Morgan fingerprint density at radius 1 is 1.14 bits per heavy atom. The third kappa shape index (κ3) is 4.72. The molecule has 0 radical (unpaired) electrons. The first kappa shape index (κ1) is 15.3. The number of rotatable bonds is 7. The first-order chi connectivity index (χ1) is 10.2. The van der Waals surface area contributed by atoms with E-state index in [4.69, 9.17) is 0 Å². The summed E-state index contributed by atoms with van der Waals surface area (Å²) in [7, 11) is 0. The first-order valence-corrected chi connectivity index (χ1v) is 7.24. The zero-order valence-electron chi connectivity index (χ0n) is 12.3. The van der Waals surface area contributed by atoms with Gasteiger partial charge in [-0.2, -0.15) is 0 Å². The maximum atomic E-state index is 11.2. The molecule has 110 valence electrons. The third-order valence-electron chi connectivity index (χ3n) is 3.46. The zero-order valence-corrected chi connectivity index (χ0v) is 12.3. The second-order valence-corrected chi connectivity index (χ2v) is 5.23. The molecule has 0 aliphatic carbocycles. The lowest BCUT2D eigenvalue weighted by Crippen LogP contribution is -2.15. The van der Waals surface area contributed by atoms with Gasteiger partial charge < -0.3 is 10.4 Å². The number of aryl methyl sites for hydroxylation is 2. The predicted molar refractivity (Wildman–Crippen MR) is 84.6 cm³/mol. The van der Waals surface area contributed by atoms with Crippen molar-refractivity contribution in [2.75, 3.05) is 6.54 Å². The molecule has 0 spiro atoms. The number of carboxylic acid groups (broad SMARTS) is 1. The monoisotopic (exact) mass is 283 g/mol. The summed E-state index contributed by atoms with van der Waals surface area (Å²) in [6.07, 6.45) is 1.71. The molecule has 0 aliphatic heterocycles. The molecule has 21 heavy (non-hydrogen) atoms. The third-order valence-corrected chi connectivity index (χ3v) is 3.46. The molecule has 0 aliphatic rings. The van der Waals surface area contributed by atoms with E-state index in [9.17, 15) is 9.90 Å². The van der Waals surface area contributed by atoms with E-state index >= 15 is 0 Å². The molecule has 0 fully saturated rings. The van der Waals surface area contributed by atoms with Crippen LogP contribution in [0.25, 0.3) is 0 Å². The van der Waals surface area contributed by atoms with Crippen LogP contribution >= 0.6 is 0 Å². The van der Waals surface area contributed by atoms with Crippen LogP contribution in [0, 0.1) is 6.92 Å².